The summed E-state index contributed by atoms with van der Waals surface area (Å²) in [5.74, 6) is -11.5. The second-order valence-corrected chi connectivity index (χ2v) is 5.68. The van der Waals surface area contributed by atoms with Crippen molar-refractivity contribution in [1.82, 2.24) is 0 Å². The predicted molar refractivity (Wildman–Crippen MR) is 61.2 cm³/mol. The zero-order valence-corrected chi connectivity index (χ0v) is 11.3. The highest BCUT2D eigenvalue weighted by Gasteiger charge is 2.50. The molecule has 0 unspecified atom stereocenters. The van der Waals surface area contributed by atoms with Crippen LogP contribution in [-0.2, 0) is 9.53 Å². The number of hydrogen-bond acceptors (Lipinski definition) is 2. The molecule has 3 rings (SSSR count). The maximum atomic E-state index is 14.0. The minimum Gasteiger partial charge on any atom is -0.450 e. The van der Waals surface area contributed by atoms with Crippen LogP contribution >= 0.6 is 0 Å². The summed E-state index contributed by atoms with van der Waals surface area (Å²) in [4.78, 5) is 11.0. The summed E-state index contributed by atoms with van der Waals surface area (Å²) in [6.07, 6.45) is -6.51. The van der Waals surface area contributed by atoms with Crippen molar-refractivity contribution < 1.29 is 40.3 Å². The van der Waals surface area contributed by atoms with Gasteiger partial charge in [-0.3, -0.25) is 0 Å². The lowest BCUT2D eigenvalue weighted by Crippen LogP contribution is -2.32. The van der Waals surface area contributed by atoms with E-state index in [2.05, 4.69) is 4.74 Å². The molecule has 0 amide bonds. The number of benzene rings is 1. The lowest BCUT2D eigenvalue weighted by atomic mass is 9.80. The Hall–Kier alpha value is -1.80. The summed E-state index contributed by atoms with van der Waals surface area (Å²) < 4.78 is 96.3. The number of esters is 1. The maximum absolute atomic E-state index is 14.0. The lowest BCUT2D eigenvalue weighted by molar-refractivity contribution is -0.208. The predicted octanol–water partition coefficient (Wildman–Crippen LogP) is 4.29. The Kier molecular flexibility index (Phi) is 3.57. The van der Waals surface area contributed by atoms with Gasteiger partial charge in [-0.2, -0.15) is 13.2 Å². The van der Waals surface area contributed by atoms with Crippen molar-refractivity contribution >= 4 is 5.97 Å². The van der Waals surface area contributed by atoms with Gasteiger partial charge in [0.1, 0.15) is 6.10 Å². The average molecular weight is 342 g/mol. The van der Waals surface area contributed by atoms with Crippen molar-refractivity contribution in [2.45, 2.75) is 37.5 Å². The highest BCUT2D eigenvalue weighted by molar-refractivity contribution is 5.76. The quantitative estimate of drug-likeness (QED) is 0.329. The van der Waals surface area contributed by atoms with Crippen molar-refractivity contribution in [2.24, 2.45) is 5.92 Å². The van der Waals surface area contributed by atoms with Crippen molar-refractivity contribution in [1.29, 1.82) is 0 Å². The number of halogens is 7. The number of hydrogen-bond donors (Lipinski definition) is 0. The van der Waals surface area contributed by atoms with E-state index >= 15 is 0 Å². The molecule has 2 bridgehead atoms. The average Bonchev–Trinajstić information content (AvgIpc) is 2.89. The summed E-state index contributed by atoms with van der Waals surface area (Å²) in [6.45, 7) is 0. The molecule has 0 N–H and O–H groups in total. The molecule has 9 heteroatoms. The molecule has 2 aliphatic rings. The molecule has 3 atom stereocenters. The third-order valence-electron chi connectivity index (χ3n) is 4.40. The van der Waals surface area contributed by atoms with Crippen LogP contribution in [0, 0.1) is 29.2 Å². The maximum Gasteiger partial charge on any atom is 0.490 e. The van der Waals surface area contributed by atoms with E-state index in [9.17, 15) is 35.5 Å². The SMILES string of the molecule is O=C(O[C@@H]1c2c(F)c(F)c(F)c(F)c2[C@@H]2CC[C@H]1C2)C(F)(F)F. The van der Waals surface area contributed by atoms with Gasteiger partial charge in [0.15, 0.2) is 23.3 Å². The Morgan fingerprint density at radius 3 is 2.04 bits per heavy atom. The molecular formula is C14H9F7O2. The number of alkyl halides is 3. The van der Waals surface area contributed by atoms with Crippen LogP contribution in [0.25, 0.3) is 0 Å². The largest absolute Gasteiger partial charge is 0.490 e. The van der Waals surface area contributed by atoms with Gasteiger partial charge < -0.3 is 4.74 Å². The van der Waals surface area contributed by atoms with Crippen LogP contribution in [-0.4, -0.2) is 12.1 Å². The van der Waals surface area contributed by atoms with Gasteiger partial charge >= 0.3 is 12.1 Å². The Labute approximate surface area is 125 Å². The monoisotopic (exact) mass is 342 g/mol. The lowest BCUT2D eigenvalue weighted by Gasteiger charge is -2.32. The normalized spacial score (nSPS) is 26.1. The highest BCUT2D eigenvalue weighted by Crippen LogP contribution is 2.54. The molecular weight excluding hydrogens is 333 g/mol. The zero-order valence-electron chi connectivity index (χ0n) is 11.3. The fourth-order valence-electron chi connectivity index (χ4n) is 3.47. The summed E-state index contributed by atoms with van der Waals surface area (Å²) in [7, 11) is 0. The topological polar surface area (TPSA) is 26.3 Å². The van der Waals surface area contributed by atoms with Crippen LogP contribution in [0.2, 0.25) is 0 Å². The molecule has 1 saturated carbocycles. The summed E-state index contributed by atoms with van der Waals surface area (Å²) >= 11 is 0. The molecule has 126 valence electrons. The van der Waals surface area contributed by atoms with Gasteiger partial charge in [0.25, 0.3) is 0 Å². The first-order chi connectivity index (χ1) is 10.6. The van der Waals surface area contributed by atoms with Gasteiger partial charge in [0.2, 0.25) is 0 Å². The molecule has 0 aromatic heterocycles. The van der Waals surface area contributed by atoms with Gasteiger partial charge in [0, 0.05) is 17.0 Å². The molecule has 0 spiro atoms. The molecule has 0 radical (unpaired) electrons. The first-order valence-corrected chi connectivity index (χ1v) is 6.76. The van der Waals surface area contributed by atoms with Gasteiger partial charge in [-0.05, 0) is 25.2 Å². The highest BCUT2D eigenvalue weighted by atomic mass is 19.4. The van der Waals surface area contributed by atoms with E-state index < -0.39 is 64.5 Å². The van der Waals surface area contributed by atoms with Crippen LogP contribution in [0.1, 0.15) is 42.4 Å². The number of carbonyl (C=O) groups excluding carboxylic acids is 1. The van der Waals surface area contributed by atoms with E-state index in [1.165, 1.54) is 0 Å². The van der Waals surface area contributed by atoms with E-state index in [4.69, 9.17) is 0 Å². The molecule has 1 aromatic carbocycles. The van der Waals surface area contributed by atoms with Crippen LogP contribution in [0.4, 0.5) is 30.7 Å². The van der Waals surface area contributed by atoms with Crippen molar-refractivity contribution in [3.8, 4) is 0 Å². The molecule has 0 heterocycles. The molecule has 2 aliphatic carbocycles. The van der Waals surface area contributed by atoms with Gasteiger partial charge in [-0.25, -0.2) is 22.4 Å². The first kappa shape index (κ1) is 16.1. The second kappa shape index (κ2) is 5.10. The summed E-state index contributed by atoms with van der Waals surface area (Å²) in [6, 6.07) is 0. The molecule has 23 heavy (non-hydrogen) atoms. The van der Waals surface area contributed by atoms with Gasteiger partial charge in [-0.15, -0.1) is 0 Å². The van der Waals surface area contributed by atoms with Crippen molar-refractivity contribution in [3.63, 3.8) is 0 Å². The molecule has 1 aromatic rings. The second-order valence-electron chi connectivity index (χ2n) is 5.68. The number of ether oxygens (including phenoxy) is 1. The zero-order chi connectivity index (χ0) is 17.1. The van der Waals surface area contributed by atoms with Crippen LogP contribution in [0.15, 0.2) is 0 Å². The fraction of sp³-hybridized carbons (Fsp3) is 0.500. The van der Waals surface area contributed by atoms with Crippen molar-refractivity contribution in [2.75, 3.05) is 0 Å². The third kappa shape index (κ3) is 2.36. The van der Waals surface area contributed by atoms with Crippen molar-refractivity contribution in [3.05, 3.63) is 34.4 Å². The molecule has 2 nitrogen and oxygen atoms in total. The van der Waals surface area contributed by atoms with E-state index in [0.717, 1.165) is 0 Å². The molecule has 0 saturated heterocycles. The number of carbonyl (C=O) groups is 1. The molecule has 1 fully saturated rings. The van der Waals surface area contributed by atoms with Gasteiger partial charge in [0.05, 0.1) is 0 Å². The minimum absolute atomic E-state index is 0.115. The Morgan fingerprint density at radius 1 is 0.913 bits per heavy atom. The Balaban J connectivity index is 2.13. The number of rotatable bonds is 1. The van der Waals surface area contributed by atoms with Crippen LogP contribution in [0.3, 0.4) is 0 Å². The summed E-state index contributed by atoms with van der Waals surface area (Å²) in [5, 5.41) is 0. The van der Waals surface area contributed by atoms with Crippen LogP contribution in [0.5, 0.6) is 0 Å². The number of fused-ring (bicyclic) bond motifs is 4. The van der Waals surface area contributed by atoms with Gasteiger partial charge in [-0.1, -0.05) is 0 Å². The summed E-state index contributed by atoms with van der Waals surface area (Å²) in [5.41, 5.74) is -1.35. The first-order valence-electron chi connectivity index (χ1n) is 6.76. The van der Waals surface area contributed by atoms with E-state index in [1.54, 1.807) is 0 Å². The Bertz CT molecular complexity index is 683. The standard InChI is InChI=1S/C14H9F7O2/c15-8-6-4-1-2-5(3-4)12(23-13(22)14(19,20)21)7(6)9(16)11(18)10(8)17/h4-5,12H,1-3H2/t4-,5+,12+/m1/s1. The third-order valence-corrected chi connectivity index (χ3v) is 4.40. The smallest absolute Gasteiger partial charge is 0.450 e. The van der Waals surface area contributed by atoms with Crippen LogP contribution < -0.4 is 0 Å². The Morgan fingerprint density at radius 2 is 1.48 bits per heavy atom. The van der Waals surface area contributed by atoms with E-state index in [-0.39, 0.29) is 19.3 Å². The fourth-order valence-corrected chi connectivity index (χ4v) is 3.47. The minimum atomic E-state index is -5.33. The van der Waals surface area contributed by atoms with E-state index in [0.29, 0.717) is 0 Å². The molecule has 0 aliphatic heterocycles. The van der Waals surface area contributed by atoms with E-state index in [1.807, 2.05) is 0 Å².